The molecule has 0 aliphatic carbocycles. The first-order valence-electron chi connectivity index (χ1n) is 7.08. The summed E-state index contributed by atoms with van der Waals surface area (Å²) in [5.74, 6) is -2.99. The Morgan fingerprint density at radius 1 is 1.04 bits per heavy atom. The largest absolute Gasteiger partial charge is 0.324 e. The third kappa shape index (κ3) is 4.52. The molecule has 7 heteroatoms. The summed E-state index contributed by atoms with van der Waals surface area (Å²) in [6.45, 7) is 3.65. The van der Waals surface area contributed by atoms with Gasteiger partial charge in [-0.2, -0.15) is 0 Å². The molecule has 0 saturated carbocycles. The molecule has 0 bridgehead atoms. The van der Waals surface area contributed by atoms with Crippen LogP contribution in [-0.4, -0.2) is 11.8 Å². The molecule has 0 atom stereocenters. The molecule has 0 aliphatic rings. The smallest absolute Gasteiger partial charge is 0.233 e. The van der Waals surface area contributed by atoms with E-state index in [0.717, 1.165) is 23.3 Å². The van der Waals surface area contributed by atoms with Gasteiger partial charge in [-0.25, -0.2) is 8.78 Å². The average molecular weight is 353 g/mol. The van der Waals surface area contributed by atoms with Gasteiger partial charge in [-0.3, -0.25) is 9.59 Å². The standard InChI is InChI=1S/C17H15ClF2N2O2/c1-9-5-10(2)17(12(18)6-9)22-16(24)8-15(23)21-14-4-3-11(19)7-13(14)20/h3-7H,8H2,1-2H3,(H,21,23)(H,22,24). The minimum Gasteiger partial charge on any atom is -0.324 e. The van der Waals surface area contributed by atoms with Gasteiger partial charge in [-0.05, 0) is 43.2 Å². The van der Waals surface area contributed by atoms with Crippen molar-refractivity contribution in [2.45, 2.75) is 20.3 Å². The molecule has 126 valence electrons. The molecule has 2 aromatic carbocycles. The van der Waals surface area contributed by atoms with Gasteiger partial charge in [-0.1, -0.05) is 17.7 Å². The number of aryl methyl sites for hydroxylation is 2. The van der Waals surface area contributed by atoms with Crippen molar-refractivity contribution in [2.24, 2.45) is 0 Å². The summed E-state index contributed by atoms with van der Waals surface area (Å²) in [6, 6.07) is 6.27. The van der Waals surface area contributed by atoms with Crippen LogP contribution in [0.25, 0.3) is 0 Å². The van der Waals surface area contributed by atoms with Gasteiger partial charge in [0.15, 0.2) is 0 Å². The third-order valence-electron chi connectivity index (χ3n) is 3.22. The van der Waals surface area contributed by atoms with Crippen LogP contribution in [0, 0.1) is 25.5 Å². The monoisotopic (exact) mass is 352 g/mol. The number of halogens is 3. The Bertz CT molecular complexity index is 786. The Labute approximate surface area is 142 Å². The molecule has 2 amide bonds. The van der Waals surface area contributed by atoms with Gasteiger partial charge in [0.1, 0.15) is 18.1 Å². The molecule has 0 heterocycles. The first kappa shape index (κ1) is 17.9. The molecule has 0 aromatic heterocycles. The van der Waals surface area contributed by atoms with Gasteiger partial charge >= 0.3 is 0 Å². The van der Waals surface area contributed by atoms with Crippen molar-refractivity contribution < 1.29 is 18.4 Å². The highest BCUT2D eigenvalue weighted by Crippen LogP contribution is 2.27. The molecule has 0 fully saturated rings. The van der Waals surface area contributed by atoms with E-state index in [9.17, 15) is 18.4 Å². The normalized spacial score (nSPS) is 10.4. The van der Waals surface area contributed by atoms with Gasteiger partial charge in [0.2, 0.25) is 11.8 Å². The van der Waals surface area contributed by atoms with Gasteiger partial charge in [0, 0.05) is 6.07 Å². The number of carbonyl (C=O) groups excluding carboxylic acids is 2. The molecule has 24 heavy (non-hydrogen) atoms. The van der Waals surface area contributed by atoms with E-state index in [1.165, 1.54) is 0 Å². The van der Waals surface area contributed by atoms with E-state index in [-0.39, 0.29) is 5.69 Å². The zero-order valence-electron chi connectivity index (χ0n) is 13.0. The highest BCUT2D eigenvalue weighted by molar-refractivity contribution is 6.34. The van der Waals surface area contributed by atoms with Crippen LogP contribution in [0.2, 0.25) is 5.02 Å². The number of hydrogen-bond donors (Lipinski definition) is 2. The lowest BCUT2D eigenvalue weighted by Crippen LogP contribution is -2.22. The lowest BCUT2D eigenvalue weighted by atomic mass is 10.1. The molecule has 0 radical (unpaired) electrons. The minimum atomic E-state index is -0.916. The van der Waals surface area contributed by atoms with E-state index in [2.05, 4.69) is 10.6 Å². The number of nitrogens with one attached hydrogen (secondary N) is 2. The van der Waals surface area contributed by atoms with E-state index >= 15 is 0 Å². The van der Waals surface area contributed by atoms with Crippen LogP contribution < -0.4 is 10.6 Å². The van der Waals surface area contributed by atoms with Crippen molar-refractivity contribution in [3.05, 3.63) is 58.1 Å². The van der Waals surface area contributed by atoms with Crippen molar-refractivity contribution in [3.63, 3.8) is 0 Å². The highest BCUT2D eigenvalue weighted by Gasteiger charge is 2.15. The topological polar surface area (TPSA) is 58.2 Å². The number of rotatable bonds is 4. The van der Waals surface area contributed by atoms with Gasteiger partial charge in [-0.15, -0.1) is 0 Å². The first-order valence-corrected chi connectivity index (χ1v) is 7.45. The van der Waals surface area contributed by atoms with Crippen molar-refractivity contribution >= 4 is 34.8 Å². The fraction of sp³-hybridized carbons (Fsp3) is 0.176. The van der Waals surface area contributed by atoms with E-state index in [1.54, 1.807) is 13.0 Å². The van der Waals surface area contributed by atoms with Crippen LogP contribution in [0.1, 0.15) is 17.5 Å². The van der Waals surface area contributed by atoms with Crippen molar-refractivity contribution in [1.82, 2.24) is 0 Å². The molecule has 2 N–H and O–H groups in total. The maximum atomic E-state index is 13.5. The molecule has 0 saturated heterocycles. The lowest BCUT2D eigenvalue weighted by Gasteiger charge is -2.12. The molecule has 2 aromatic rings. The second-order valence-electron chi connectivity index (χ2n) is 5.34. The predicted molar refractivity (Wildman–Crippen MR) is 89.2 cm³/mol. The SMILES string of the molecule is Cc1cc(C)c(NC(=O)CC(=O)Nc2ccc(F)cc2F)c(Cl)c1. The summed E-state index contributed by atoms with van der Waals surface area (Å²) in [5.41, 5.74) is 1.94. The maximum absolute atomic E-state index is 13.5. The van der Waals surface area contributed by atoms with E-state index < -0.39 is 29.9 Å². The summed E-state index contributed by atoms with van der Waals surface area (Å²) in [4.78, 5) is 23.8. The van der Waals surface area contributed by atoms with Crippen LogP contribution in [0.4, 0.5) is 20.2 Å². The predicted octanol–water partition coefficient (Wildman–Crippen LogP) is 4.20. The Balaban J connectivity index is 2.01. The van der Waals surface area contributed by atoms with Crippen LogP contribution >= 0.6 is 11.6 Å². The minimum absolute atomic E-state index is 0.196. The summed E-state index contributed by atoms with van der Waals surface area (Å²) in [7, 11) is 0. The Morgan fingerprint density at radius 3 is 2.33 bits per heavy atom. The molecule has 0 aliphatic heterocycles. The fourth-order valence-corrected chi connectivity index (χ4v) is 2.56. The maximum Gasteiger partial charge on any atom is 0.233 e. The first-order chi connectivity index (χ1) is 11.3. The number of carbonyl (C=O) groups is 2. The van der Waals surface area contributed by atoms with Gasteiger partial charge < -0.3 is 10.6 Å². The summed E-state index contributed by atoms with van der Waals surface area (Å²) < 4.78 is 26.3. The second kappa shape index (κ2) is 7.40. The number of hydrogen-bond acceptors (Lipinski definition) is 2. The molecule has 4 nitrogen and oxygen atoms in total. The number of amides is 2. The zero-order chi connectivity index (χ0) is 17.9. The second-order valence-corrected chi connectivity index (χ2v) is 5.74. The quantitative estimate of drug-likeness (QED) is 0.810. The van der Waals surface area contributed by atoms with Crippen molar-refractivity contribution in [1.29, 1.82) is 0 Å². The van der Waals surface area contributed by atoms with Crippen LogP contribution in [0.5, 0.6) is 0 Å². The molecular formula is C17H15ClF2N2O2. The fourth-order valence-electron chi connectivity index (χ4n) is 2.19. The lowest BCUT2D eigenvalue weighted by molar-refractivity contribution is -0.123. The summed E-state index contributed by atoms with van der Waals surface area (Å²) >= 11 is 6.08. The van der Waals surface area contributed by atoms with E-state index in [1.807, 2.05) is 13.0 Å². The average Bonchev–Trinajstić information content (AvgIpc) is 2.45. The Kier molecular flexibility index (Phi) is 5.51. The molecular weight excluding hydrogens is 338 g/mol. The van der Waals surface area contributed by atoms with Crippen molar-refractivity contribution in [3.8, 4) is 0 Å². The van der Waals surface area contributed by atoms with E-state index in [0.29, 0.717) is 16.8 Å². The highest BCUT2D eigenvalue weighted by atomic mass is 35.5. The summed E-state index contributed by atoms with van der Waals surface area (Å²) in [6.07, 6.45) is -0.527. The van der Waals surface area contributed by atoms with Crippen LogP contribution in [0.3, 0.4) is 0 Å². The van der Waals surface area contributed by atoms with Gasteiger partial charge in [0.05, 0.1) is 16.4 Å². The number of anilines is 2. The molecule has 2 rings (SSSR count). The zero-order valence-corrected chi connectivity index (χ0v) is 13.8. The third-order valence-corrected chi connectivity index (χ3v) is 3.52. The molecule has 0 spiro atoms. The van der Waals surface area contributed by atoms with Crippen LogP contribution in [-0.2, 0) is 9.59 Å². The van der Waals surface area contributed by atoms with Gasteiger partial charge in [0.25, 0.3) is 0 Å². The Morgan fingerprint density at radius 2 is 1.71 bits per heavy atom. The molecule has 0 unspecified atom stereocenters. The Hall–Kier alpha value is -2.47. The number of benzene rings is 2. The summed E-state index contributed by atoms with van der Waals surface area (Å²) in [5, 5.41) is 5.15. The van der Waals surface area contributed by atoms with Crippen molar-refractivity contribution in [2.75, 3.05) is 10.6 Å². The van der Waals surface area contributed by atoms with Crippen LogP contribution in [0.15, 0.2) is 30.3 Å². The van der Waals surface area contributed by atoms with E-state index in [4.69, 9.17) is 11.6 Å².